The van der Waals surface area contributed by atoms with E-state index in [-0.39, 0.29) is 0 Å². The second-order valence-corrected chi connectivity index (χ2v) is 5.39. The predicted molar refractivity (Wildman–Crippen MR) is 86.3 cm³/mol. The van der Waals surface area contributed by atoms with E-state index in [0.29, 0.717) is 12.4 Å². The minimum Gasteiger partial charge on any atom is -0.383 e. The molecule has 0 aliphatic carbocycles. The lowest BCUT2D eigenvalue weighted by Gasteiger charge is -2.09. The summed E-state index contributed by atoms with van der Waals surface area (Å²) in [4.78, 5) is 4.49. The van der Waals surface area contributed by atoms with E-state index in [1.165, 1.54) is 11.3 Å². The van der Waals surface area contributed by atoms with Gasteiger partial charge in [-0.2, -0.15) is 5.10 Å². The normalized spacial score (nSPS) is 11.2. The number of pyridine rings is 1. The number of para-hydroxylation sites is 1. The Morgan fingerprint density at radius 2 is 1.95 bits per heavy atom. The third kappa shape index (κ3) is 2.37. The first-order chi connectivity index (χ1) is 10.1. The van der Waals surface area contributed by atoms with Crippen molar-refractivity contribution in [1.29, 1.82) is 0 Å². The van der Waals surface area contributed by atoms with Gasteiger partial charge in [0.25, 0.3) is 0 Å². The number of hydrogen-bond donors (Lipinski definition) is 1. The molecule has 0 spiro atoms. The second-order valence-electron chi connectivity index (χ2n) is 5.39. The molecule has 3 rings (SSSR count). The highest BCUT2D eigenvalue weighted by atomic mass is 15.3. The van der Waals surface area contributed by atoms with Crippen molar-refractivity contribution in [2.75, 3.05) is 5.73 Å². The van der Waals surface area contributed by atoms with Crippen LogP contribution in [-0.4, -0.2) is 14.8 Å². The summed E-state index contributed by atoms with van der Waals surface area (Å²) in [5, 5.41) is 5.74. The number of aryl methyl sites for hydroxylation is 1. The van der Waals surface area contributed by atoms with E-state index >= 15 is 0 Å². The van der Waals surface area contributed by atoms with E-state index in [4.69, 9.17) is 5.73 Å². The molecule has 2 N–H and O–H groups in total. The molecule has 3 aromatic rings. The molecular weight excluding hydrogens is 260 g/mol. The van der Waals surface area contributed by atoms with Gasteiger partial charge < -0.3 is 5.73 Å². The van der Waals surface area contributed by atoms with E-state index in [0.717, 1.165) is 28.6 Å². The molecule has 0 saturated heterocycles. The average Bonchev–Trinajstić information content (AvgIpc) is 2.73. The molecule has 0 aliphatic rings. The maximum atomic E-state index is 6.11. The zero-order valence-electron chi connectivity index (χ0n) is 12.7. The Hall–Kier alpha value is -2.36. The lowest BCUT2D eigenvalue weighted by Crippen LogP contribution is -2.08. The van der Waals surface area contributed by atoms with Gasteiger partial charge in [0, 0.05) is 16.6 Å². The van der Waals surface area contributed by atoms with Crippen molar-refractivity contribution in [1.82, 2.24) is 14.8 Å². The highest BCUT2D eigenvalue weighted by Gasteiger charge is 2.12. The monoisotopic (exact) mass is 280 g/mol. The van der Waals surface area contributed by atoms with Gasteiger partial charge in [0.2, 0.25) is 0 Å². The standard InChI is InChI=1S/C17H20N4/c1-4-15-11(2)20-21(12(15)3)10-14-9-13-7-5-6-8-16(13)19-17(14)18/h5-9H,4,10H2,1-3H3,(H2,18,19). The molecule has 21 heavy (non-hydrogen) atoms. The Morgan fingerprint density at radius 1 is 1.19 bits per heavy atom. The molecular formula is C17H20N4. The summed E-state index contributed by atoms with van der Waals surface area (Å²) in [6.45, 7) is 7.00. The molecule has 0 atom stereocenters. The quantitative estimate of drug-likeness (QED) is 0.801. The van der Waals surface area contributed by atoms with Crippen LogP contribution in [0.4, 0.5) is 5.82 Å². The smallest absolute Gasteiger partial charge is 0.129 e. The van der Waals surface area contributed by atoms with E-state index in [2.05, 4.69) is 43.0 Å². The number of nitrogens with zero attached hydrogens (tertiary/aromatic N) is 3. The number of fused-ring (bicyclic) bond motifs is 1. The lowest BCUT2D eigenvalue weighted by molar-refractivity contribution is 0.658. The second kappa shape index (κ2) is 5.20. The zero-order valence-corrected chi connectivity index (χ0v) is 12.7. The fourth-order valence-electron chi connectivity index (χ4n) is 2.86. The van der Waals surface area contributed by atoms with Gasteiger partial charge in [0.05, 0.1) is 17.8 Å². The van der Waals surface area contributed by atoms with E-state index in [1.807, 2.05) is 22.9 Å². The van der Waals surface area contributed by atoms with Crippen molar-refractivity contribution in [3.05, 3.63) is 52.8 Å². The summed E-state index contributed by atoms with van der Waals surface area (Å²) in [6, 6.07) is 10.1. The summed E-state index contributed by atoms with van der Waals surface area (Å²) in [5.41, 5.74) is 11.7. The maximum absolute atomic E-state index is 6.11. The molecule has 108 valence electrons. The molecule has 0 bridgehead atoms. The third-order valence-electron chi connectivity index (χ3n) is 4.04. The number of rotatable bonds is 3. The van der Waals surface area contributed by atoms with Crippen LogP contribution in [0.5, 0.6) is 0 Å². The van der Waals surface area contributed by atoms with Crippen LogP contribution in [0.15, 0.2) is 30.3 Å². The van der Waals surface area contributed by atoms with Crippen molar-refractivity contribution in [2.45, 2.75) is 33.7 Å². The third-order valence-corrected chi connectivity index (χ3v) is 4.04. The van der Waals surface area contributed by atoms with Crippen LogP contribution in [0, 0.1) is 13.8 Å². The molecule has 4 nitrogen and oxygen atoms in total. The van der Waals surface area contributed by atoms with Gasteiger partial charge in [-0.15, -0.1) is 0 Å². The van der Waals surface area contributed by atoms with Crippen LogP contribution in [0.1, 0.15) is 29.4 Å². The fourth-order valence-corrected chi connectivity index (χ4v) is 2.86. The molecule has 0 radical (unpaired) electrons. The first-order valence-electron chi connectivity index (χ1n) is 7.27. The van der Waals surface area contributed by atoms with Crippen LogP contribution < -0.4 is 5.73 Å². The number of anilines is 1. The molecule has 4 heteroatoms. The molecule has 2 heterocycles. The van der Waals surface area contributed by atoms with Gasteiger partial charge in [-0.05, 0) is 38.0 Å². The summed E-state index contributed by atoms with van der Waals surface area (Å²) in [5.74, 6) is 0.583. The number of benzene rings is 1. The minimum atomic E-state index is 0.583. The van der Waals surface area contributed by atoms with Crippen molar-refractivity contribution in [3.8, 4) is 0 Å². The summed E-state index contributed by atoms with van der Waals surface area (Å²) in [7, 11) is 0. The maximum Gasteiger partial charge on any atom is 0.129 e. The number of nitrogen functional groups attached to an aromatic ring is 1. The largest absolute Gasteiger partial charge is 0.383 e. The van der Waals surface area contributed by atoms with Crippen molar-refractivity contribution in [3.63, 3.8) is 0 Å². The minimum absolute atomic E-state index is 0.583. The molecule has 0 fully saturated rings. The summed E-state index contributed by atoms with van der Waals surface area (Å²) in [6.07, 6.45) is 1.00. The molecule has 1 aromatic carbocycles. The Labute approximate surface area is 124 Å². The van der Waals surface area contributed by atoms with Gasteiger partial charge in [-0.1, -0.05) is 25.1 Å². The SMILES string of the molecule is CCc1c(C)nn(Cc2cc3ccccc3nc2N)c1C. The van der Waals surface area contributed by atoms with E-state index in [9.17, 15) is 0 Å². The Kier molecular flexibility index (Phi) is 3.37. The lowest BCUT2D eigenvalue weighted by atomic mass is 10.1. The molecule has 0 amide bonds. The van der Waals surface area contributed by atoms with Gasteiger partial charge in [0.15, 0.2) is 0 Å². The predicted octanol–water partition coefficient (Wildman–Crippen LogP) is 3.24. The van der Waals surface area contributed by atoms with Crippen LogP contribution in [0.25, 0.3) is 10.9 Å². The number of hydrogen-bond acceptors (Lipinski definition) is 3. The van der Waals surface area contributed by atoms with Crippen LogP contribution in [0.2, 0.25) is 0 Å². The van der Waals surface area contributed by atoms with Crippen molar-refractivity contribution in [2.24, 2.45) is 0 Å². The van der Waals surface area contributed by atoms with E-state index in [1.54, 1.807) is 0 Å². The van der Waals surface area contributed by atoms with Gasteiger partial charge in [-0.25, -0.2) is 4.98 Å². The Balaban J connectivity index is 2.03. The van der Waals surface area contributed by atoms with Crippen LogP contribution in [-0.2, 0) is 13.0 Å². The van der Waals surface area contributed by atoms with Crippen LogP contribution in [0.3, 0.4) is 0 Å². The first kappa shape index (κ1) is 13.6. The van der Waals surface area contributed by atoms with E-state index < -0.39 is 0 Å². The fraction of sp³-hybridized carbons (Fsp3) is 0.294. The highest BCUT2D eigenvalue weighted by molar-refractivity contribution is 5.81. The van der Waals surface area contributed by atoms with Crippen molar-refractivity contribution < 1.29 is 0 Å². The van der Waals surface area contributed by atoms with Crippen LogP contribution >= 0.6 is 0 Å². The first-order valence-corrected chi connectivity index (χ1v) is 7.27. The van der Waals surface area contributed by atoms with Crippen molar-refractivity contribution >= 4 is 16.7 Å². The van der Waals surface area contributed by atoms with Gasteiger partial charge in [-0.3, -0.25) is 4.68 Å². The highest BCUT2D eigenvalue weighted by Crippen LogP contribution is 2.21. The molecule has 0 aliphatic heterocycles. The van der Waals surface area contributed by atoms with Gasteiger partial charge >= 0.3 is 0 Å². The average molecular weight is 280 g/mol. The Morgan fingerprint density at radius 3 is 2.67 bits per heavy atom. The number of nitrogens with two attached hydrogens (primary N) is 1. The topological polar surface area (TPSA) is 56.7 Å². The van der Waals surface area contributed by atoms with Gasteiger partial charge in [0.1, 0.15) is 5.82 Å². The molecule has 0 saturated carbocycles. The summed E-state index contributed by atoms with van der Waals surface area (Å²) >= 11 is 0. The zero-order chi connectivity index (χ0) is 15.0. The molecule has 0 unspecified atom stereocenters. The number of aromatic nitrogens is 3. The summed E-state index contributed by atoms with van der Waals surface area (Å²) < 4.78 is 2.02. The molecule has 2 aromatic heterocycles. The Bertz CT molecular complexity index is 802.